The molecule has 2 rings (SSSR count). The molecule has 0 saturated heterocycles. The summed E-state index contributed by atoms with van der Waals surface area (Å²) < 4.78 is 0. The first-order chi connectivity index (χ1) is 5.68. The molecule has 0 heteroatoms. The molecule has 0 amide bonds. The molecule has 2 aliphatic carbocycles. The molecule has 66 valence electrons. The van der Waals surface area contributed by atoms with Gasteiger partial charge >= 0.3 is 0 Å². The monoisotopic (exact) mass is 162 g/mol. The van der Waals surface area contributed by atoms with Crippen LogP contribution in [-0.4, -0.2) is 0 Å². The van der Waals surface area contributed by atoms with Crippen LogP contribution in [0.25, 0.3) is 0 Å². The van der Waals surface area contributed by atoms with Crippen molar-refractivity contribution < 1.29 is 0 Å². The molecule has 0 aromatic heterocycles. The van der Waals surface area contributed by atoms with Crippen molar-refractivity contribution in [2.24, 2.45) is 17.8 Å². The van der Waals surface area contributed by atoms with Crippen molar-refractivity contribution in [3.8, 4) is 0 Å². The molecular formula is C12H18. The summed E-state index contributed by atoms with van der Waals surface area (Å²) in [5.74, 6) is 2.63. The van der Waals surface area contributed by atoms with Gasteiger partial charge in [-0.25, -0.2) is 0 Å². The van der Waals surface area contributed by atoms with Gasteiger partial charge in [0.1, 0.15) is 0 Å². The van der Waals surface area contributed by atoms with Crippen LogP contribution in [0.15, 0.2) is 23.3 Å². The van der Waals surface area contributed by atoms with Crippen LogP contribution < -0.4 is 0 Å². The third-order valence-electron chi connectivity index (χ3n) is 3.64. The first-order valence-corrected chi connectivity index (χ1v) is 5.05. The second kappa shape index (κ2) is 2.76. The highest BCUT2D eigenvalue weighted by molar-refractivity contribution is 5.33. The summed E-state index contributed by atoms with van der Waals surface area (Å²) in [7, 11) is 0. The summed E-state index contributed by atoms with van der Waals surface area (Å²) >= 11 is 0. The molecule has 0 aliphatic heterocycles. The topological polar surface area (TPSA) is 0 Å². The number of hydrogen-bond acceptors (Lipinski definition) is 0. The van der Waals surface area contributed by atoms with Crippen LogP contribution in [0, 0.1) is 17.8 Å². The minimum atomic E-state index is 0.855. The lowest BCUT2D eigenvalue weighted by Gasteiger charge is -2.23. The molecular weight excluding hydrogens is 144 g/mol. The Kier molecular flexibility index (Phi) is 1.86. The van der Waals surface area contributed by atoms with Gasteiger partial charge in [-0.3, -0.25) is 0 Å². The van der Waals surface area contributed by atoms with E-state index >= 15 is 0 Å². The van der Waals surface area contributed by atoms with Gasteiger partial charge in [0, 0.05) is 0 Å². The third-order valence-corrected chi connectivity index (χ3v) is 3.64. The minimum Gasteiger partial charge on any atom is -0.0776 e. The normalized spacial score (nSPS) is 40.4. The van der Waals surface area contributed by atoms with Crippen molar-refractivity contribution in [3.05, 3.63) is 23.3 Å². The van der Waals surface area contributed by atoms with E-state index in [1.165, 1.54) is 24.0 Å². The fraction of sp³-hybridized carbons (Fsp3) is 0.667. The largest absolute Gasteiger partial charge is 0.0776 e. The van der Waals surface area contributed by atoms with E-state index in [1.807, 2.05) is 0 Å². The maximum absolute atomic E-state index is 2.50. The SMILES string of the molecule is CC1=CC2CC[C@@H](C)C2C=C1C. The van der Waals surface area contributed by atoms with Gasteiger partial charge in [0.25, 0.3) is 0 Å². The Hall–Kier alpha value is -0.520. The fourth-order valence-corrected chi connectivity index (χ4v) is 2.62. The van der Waals surface area contributed by atoms with E-state index in [2.05, 4.69) is 32.9 Å². The maximum atomic E-state index is 2.50. The van der Waals surface area contributed by atoms with Crippen molar-refractivity contribution in [1.29, 1.82) is 0 Å². The minimum absolute atomic E-state index is 0.855. The van der Waals surface area contributed by atoms with Crippen molar-refractivity contribution in [1.82, 2.24) is 0 Å². The van der Waals surface area contributed by atoms with Crippen LogP contribution in [0.2, 0.25) is 0 Å². The highest BCUT2D eigenvalue weighted by atomic mass is 14.4. The predicted octanol–water partition coefficient (Wildman–Crippen LogP) is 3.55. The van der Waals surface area contributed by atoms with Gasteiger partial charge in [0.2, 0.25) is 0 Å². The van der Waals surface area contributed by atoms with Crippen LogP contribution in [0.3, 0.4) is 0 Å². The second-order valence-corrected chi connectivity index (χ2v) is 4.50. The first-order valence-electron chi connectivity index (χ1n) is 5.05. The molecule has 0 radical (unpaired) electrons. The van der Waals surface area contributed by atoms with E-state index < -0.39 is 0 Å². The molecule has 0 nitrogen and oxygen atoms in total. The van der Waals surface area contributed by atoms with Crippen LogP contribution >= 0.6 is 0 Å². The molecule has 0 aromatic carbocycles. The molecule has 1 fully saturated rings. The Morgan fingerprint density at radius 1 is 1.08 bits per heavy atom. The van der Waals surface area contributed by atoms with Gasteiger partial charge in [-0.15, -0.1) is 0 Å². The third kappa shape index (κ3) is 1.14. The molecule has 0 bridgehead atoms. The average molecular weight is 162 g/mol. The van der Waals surface area contributed by atoms with Crippen LogP contribution in [0.5, 0.6) is 0 Å². The lowest BCUT2D eigenvalue weighted by molar-refractivity contribution is 0.446. The van der Waals surface area contributed by atoms with E-state index in [0.717, 1.165) is 17.8 Å². The summed E-state index contributed by atoms with van der Waals surface area (Å²) in [5, 5.41) is 0. The van der Waals surface area contributed by atoms with E-state index in [1.54, 1.807) is 0 Å². The zero-order valence-electron chi connectivity index (χ0n) is 8.30. The zero-order chi connectivity index (χ0) is 8.72. The Morgan fingerprint density at radius 3 is 2.50 bits per heavy atom. The van der Waals surface area contributed by atoms with Gasteiger partial charge < -0.3 is 0 Å². The highest BCUT2D eigenvalue weighted by Gasteiger charge is 2.32. The Balaban J connectivity index is 2.27. The fourth-order valence-electron chi connectivity index (χ4n) is 2.62. The van der Waals surface area contributed by atoms with Gasteiger partial charge in [-0.05, 0) is 44.4 Å². The highest BCUT2D eigenvalue weighted by Crippen LogP contribution is 2.42. The Bertz CT molecular complexity index is 245. The standard InChI is InChI=1S/C12H18/c1-8-4-5-11-6-9(2)10(3)7-12(8)11/h6-8,11-12H,4-5H2,1-3H3/t8-,11?,12?/m1/s1. The molecule has 0 spiro atoms. The molecule has 0 aromatic rings. The zero-order valence-corrected chi connectivity index (χ0v) is 8.30. The van der Waals surface area contributed by atoms with E-state index in [-0.39, 0.29) is 0 Å². The van der Waals surface area contributed by atoms with Gasteiger partial charge in [0.15, 0.2) is 0 Å². The van der Waals surface area contributed by atoms with Crippen LogP contribution in [0.1, 0.15) is 33.6 Å². The molecule has 2 aliphatic rings. The lowest BCUT2D eigenvalue weighted by Crippen LogP contribution is -2.13. The number of fused-ring (bicyclic) bond motifs is 1. The predicted molar refractivity (Wildman–Crippen MR) is 52.9 cm³/mol. The quantitative estimate of drug-likeness (QED) is 0.511. The van der Waals surface area contributed by atoms with E-state index in [4.69, 9.17) is 0 Å². The molecule has 2 unspecified atom stereocenters. The van der Waals surface area contributed by atoms with Gasteiger partial charge in [-0.2, -0.15) is 0 Å². The van der Waals surface area contributed by atoms with Crippen molar-refractivity contribution >= 4 is 0 Å². The summed E-state index contributed by atoms with van der Waals surface area (Å²) in [6.07, 6.45) is 7.82. The number of rotatable bonds is 0. The van der Waals surface area contributed by atoms with Crippen molar-refractivity contribution in [2.45, 2.75) is 33.6 Å². The van der Waals surface area contributed by atoms with Crippen LogP contribution in [-0.2, 0) is 0 Å². The van der Waals surface area contributed by atoms with Crippen molar-refractivity contribution in [2.75, 3.05) is 0 Å². The van der Waals surface area contributed by atoms with E-state index in [0.29, 0.717) is 0 Å². The summed E-state index contributed by atoms with van der Waals surface area (Å²) in [4.78, 5) is 0. The van der Waals surface area contributed by atoms with Crippen LogP contribution in [0.4, 0.5) is 0 Å². The molecule has 0 heterocycles. The first kappa shape index (κ1) is 8.10. The van der Waals surface area contributed by atoms with Crippen molar-refractivity contribution in [3.63, 3.8) is 0 Å². The summed E-state index contributed by atoms with van der Waals surface area (Å²) in [6, 6.07) is 0. The smallest absolute Gasteiger partial charge is 0.0139 e. The van der Waals surface area contributed by atoms with Gasteiger partial charge in [0.05, 0.1) is 0 Å². The molecule has 1 saturated carbocycles. The summed E-state index contributed by atoms with van der Waals surface area (Å²) in [6.45, 7) is 6.88. The lowest BCUT2D eigenvalue weighted by atomic mass is 9.82. The summed E-state index contributed by atoms with van der Waals surface area (Å²) in [5.41, 5.74) is 3.01. The molecule has 0 N–H and O–H groups in total. The van der Waals surface area contributed by atoms with E-state index in [9.17, 15) is 0 Å². The molecule has 3 atom stereocenters. The second-order valence-electron chi connectivity index (χ2n) is 4.50. The Morgan fingerprint density at radius 2 is 1.75 bits per heavy atom. The number of hydrogen-bond donors (Lipinski definition) is 0. The average Bonchev–Trinajstić information content (AvgIpc) is 2.35. The van der Waals surface area contributed by atoms with Gasteiger partial charge in [-0.1, -0.05) is 30.2 Å². The number of allylic oxidation sites excluding steroid dienone is 4. The molecule has 12 heavy (non-hydrogen) atoms. The maximum Gasteiger partial charge on any atom is -0.0139 e. The Labute approximate surface area is 75.4 Å².